The Morgan fingerprint density at radius 2 is 1.84 bits per heavy atom. The molecule has 0 fully saturated rings. The van der Waals surface area contributed by atoms with Crippen LogP contribution in [0.2, 0.25) is 5.02 Å². The highest BCUT2D eigenvalue weighted by Gasteiger charge is 2.10. The van der Waals surface area contributed by atoms with Crippen LogP contribution in [-0.4, -0.2) is 23.2 Å². The minimum absolute atomic E-state index is 0.0623. The molecule has 0 aliphatic rings. The van der Waals surface area contributed by atoms with Crippen LogP contribution in [-0.2, 0) is 0 Å². The van der Waals surface area contributed by atoms with Crippen molar-refractivity contribution in [1.82, 2.24) is 10.3 Å². The Morgan fingerprint density at radius 3 is 2.47 bits per heavy atom. The van der Waals surface area contributed by atoms with Gasteiger partial charge in [-0.1, -0.05) is 41.9 Å². The highest BCUT2D eigenvalue weighted by Crippen LogP contribution is 2.06. The van der Waals surface area contributed by atoms with Gasteiger partial charge < -0.3 is 5.32 Å². The molecule has 1 heterocycles. The first-order chi connectivity index (χ1) is 9.16. The molecule has 0 aliphatic carbocycles. The Hall–Kier alpha value is -2.20. The maximum atomic E-state index is 11.8. The Kier molecular flexibility index (Phi) is 4.26. The zero-order valence-electron chi connectivity index (χ0n) is 9.97. The van der Waals surface area contributed by atoms with E-state index in [1.54, 1.807) is 30.3 Å². The van der Waals surface area contributed by atoms with Crippen molar-refractivity contribution >= 4 is 23.3 Å². The van der Waals surface area contributed by atoms with E-state index in [-0.39, 0.29) is 18.0 Å². The van der Waals surface area contributed by atoms with Crippen molar-refractivity contribution in [1.29, 1.82) is 0 Å². The molecule has 1 aromatic carbocycles. The number of Topliss-reactive ketones (excluding diaryl/α,β-unsaturated/α-hetero) is 1. The van der Waals surface area contributed by atoms with E-state index >= 15 is 0 Å². The smallest absolute Gasteiger partial charge is 0.270 e. The quantitative estimate of drug-likeness (QED) is 0.871. The zero-order valence-corrected chi connectivity index (χ0v) is 10.7. The summed E-state index contributed by atoms with van der Waals surface area (Å²) in [5, 5.41) is 2.98. The van der Waals surface area contributed by atoms with Crippen LogP contribution in [0.3, 0.4) is 0 Å². The monoisotopic (exact) mass is 274 g/mol. The van der Waals surface area contributed by atoms with Crippen molar-refractivity contribution in [2.45, 2.75) is 0 Å². The lowest BCUT2D eigenvalue weighted by Gasteiger charge is -2.04. The fourth-order valence-corrected chi connectivity index (χ4v) is 1.60. The first kappa shape index (κ1) is 13.2. The zero-order chi connectivity index (χ0) is 13.7. The standard InChI is InChI=1S/C14H11ClN2O2/c15-11-6-7-12(16-8-11)14(19)17-9-13(18)10-4-2-1-3-5-10/h1-8H,9H2,(H,17,19). The fourth-order valence-electron chi connectivity index (χ4n) is 1.49. The summed E-state index contributed by atoms with van der Waals surface area (Å²) in [6.07, 6.45) is 1.38. The second-order valence-corrected chi connectivity index (χ2v) is 4.27. The van der Waals surface area contributed by atoms with Gasteiger partial charge in [-0.3, -0.25) is 9.59 Å². The van der Waals surface area contributed by atoms with Crippen molar-refractivity contribution in [2.24, 2.45) is 0 Å². The number of aromatic nitrogens is 1. The van der Waals surface area contributed by atoms with Gasteiger partial charge in [0.2, 0.25) is 0 Å². The summed E-state index contributed by atoms with van der Waals surface area (Å²) >= 11 is 5.68. The van der Waals surface area contributed by atoms with Crippen LogP contribution in [0.1, 0.15) is 20.8 Å². The minimum Gasteiger partial charge on any atom is -0.343 e. The number of hydrogen-bond acceptors (Lipinski definition) is 3. The first-order valence-electron chi connectivity index (χ1n) is 5.65. The molecule has 1 aromatic heterocycles. The molecule has 0 bridgehead atoms. The number of nitrogens with one attached hydrogen (secondary N) is 1. The number of rotatable bonds is 4. The summed E-state index contributed by atoms with van der Waals surface area (Å²) in [6.45, 7) is -0.0623. The summed E-state index contributed by atoms with van der Waals surface area (Å²) in [5.74, 6) is -0.552. The van der Waals surface area contributed by atoms with E-state index in [2.05, 4.69) is 10.3 Å². The van der Waals surface area contributed by atoms with Crippen molar-refractivity contribution < 1.29 is 9.59 Å². The topological polar surface area (TPSA) is 59.1 Å². The van der Waals surface area contributed by atoms with Crippen LogP contribution in [0.4, 0.5) is 0 Å². The molecule has 0 unspecified atom stereocenters. The van der Waals surface area contributed by atoms with E-state index in [4.69, 9.17) is 11.6 Å². The molecule has 1 N–H and O–H groups in total. The van der Waals surface area contributed by atoms with Gasteiger partial charge in [-0.2, -0.15) is 0 Å². The molecule has 19 heavy (non-hydrogen) atoms. The number of halogens is 1. The maximum Gasteiger partial charge on any atom is 0.270 e. The van der Waals surface area contributed by atoms with Crippen LogP contribution in [0.25, 0.3) is 0 Å². The average molecular weight is 275 g/mol. The molecule has 0 saturated heterocycles. The van der Waals surface area contributed by atoms with Crippen LogP contribution in [0.5, 0.6) is 0 Å². The number of amides is 1. The van der Waals surface area contributed by atoms with E-state index in [1.165, 1.54) is 12.3 Å². The highest BCUT2D eigenvalue weighted by atomic mass is 35.5. The molecule has 2 aromatic rings. The summed E-state index contributed by atoms with van der Waals surface area (Å²) in [6, 6.07) is 11.9. The second-order valence-electron chi connectivity index (χ2n) is 3.83. The van der Waals surface area contributed by atoms with Crippen LogP contribution in [0.15, 0.2) is 48.7 Å². The van der Waals surface area contributed by atoms with Crippen LogP contribution >= 0.6 is 11.6 Å². The number of carbonyl (C=O) groups is 2. The molecule has 0 aliphatic heterocycles. The molecule has 1 amide bonds. The van der Waals surface area contributed by atoms with Gasteiger partial charge in [-0.15, -0.1) is 0 Å². The van der Waals surface area contributed by atoms with E-state index in [0.717, 1.165) is 0 Å². The van der Waals surface area contributed by atoms with Crippen molar-refractivity contribution in [3.63, 3.8) is 0 Å². The largest absolute Gasteiger partial charge is 0.343 e. The molecule has 4 nitrogen and oxygen atoms in total. The van der Waals surface area contributed by atoms with Crippen molar-refractivity contribution in [3.8, 4) is 0 Å². The lowest BCUT2D eigenvalue weighted by molar-refractivity contribution is 0.0901. The molecular weight excluding hydrogens is 264 g/mol. The van der Waals surface area contributed by atoms with Gasteiger partial charge in [0.15, 0.2) is 5.78 Å². The number of ketones is 1. The molecule has 0 radical (unpaired) electrons. The third kappa shape index (κ3) is 3.63. The third-order valence-electron chi connectivity index (χ3n) is 2.47. The summed E-state index contributed by atoms with van der Waals surface area (Å²) in [5.41, 5.74) is 0.789. The summed E-state index contributed by atoms with van der Waals surface area (Å²) in [7, 11) is 0. The van der Waals surface area contributed by atoms with Gasteiger partial charge in [0.25, 0.3) is 5.91 Å². The average Bonchev–Trinajstić information content (AvgIpc) is 2.46. The van der Waals surface area contributed by atoms with Gasteiger partial charge in [0, 0.05) is 11.8 Å². The SMILES string of the molecule is O=C(CNC(=O)c1ccc(Cl)cn1)c1ccccc1. The minimum atomic E-state index is -0.402. The van der Waals surface area contributed by atoms with Crippen LogP contribution in [0, 0.1) is 0 Å². The lowest BCUT2D eigenvalue weighted by atomic mass is 10.1. The number of nitrogens with zero attached hydrogens (tertiary/aromatic N) is 1. The Bertz CT molecular complexity index is 582. The molecule has 0 spiro atoms. The van der Waals surface area contributed by atoms with Gasteiger partial charge in [-0.05, 0) is 12.1 Å². The number of carbonyl (C=O) groups excluding carboxylic acids is 2. The van der Waals surface area contributed by atoms with Gasteiger partial charge in [-0.25, -0.2) is 4.98 Å². The van der Waals surface area contributed by atoms with Gasteiger partial charge in [0.05, 0.1) is 11.6 Å². The molecule has 2 rings (SSSR count). The number of hydrogen-bond donors (Lipinski definition) is 1. The van der Waals surface area contributed by atoms with E-state index in [1.807, 2.05) is 6.07 Å². The number of pyridine rings is 1. The predicted octanol–water partition coefficient (Wildman–Crippen LogP) is 2.35. The predicted molar refractivity (Wildman–Crippen MR) is 72.4 cm³/mol. The number of benzene rings is 1. The Morgan fingerprint density at radius 1 is 1.11 bits per heavy atom. The maximum absolute atomic E-state index is 11.8. The highest BCUT2D eigenvalue weighted by molar-refractivity contribution is 6.30. The lowest BCUT2D eigenvalue weighted by Crippen LogP contribution is -2.30. The molecule has 5 heteroatoms. The third-order valence-corrected chi connectivity index (χ3v) is 2.69. The normalized spacial score (nSPS) is 9.95. The molecule has 0 saturated carbocycles. The second kappa shape index (κ2) is 6.11. The fraction of sp³-hybridized carbons (Fsp3) is 0.0714. The van der Waals surface area contributed by atoms with E-state index < -0.39 is 5.91 Å². The van der Waals surface area contributed by atoms with Gasteiger partial charge in [0.1, 0.15) is 5.69 Å². The summed E-state index contributed by atoms with van der Waals surface area (Å²) < 4.78 is 0. The molecular formula is C14H11ClN2O2. The first-order valence-corrected chi connectivity index (χ1v) is 6.02. The Balaban J connectivity index is 1.94. The van der Waals surface area contributed by atoms with Crippen molar-refractivity contribution in [2.75, 3.05) is 6.54 Å². The summed E-state index contributed by atoms with van der Waals surface area (Å²) in [4.78, 5) is 27.4. The van der Waals surface area contributed by atoms with E-state index in [0.29, 0.717) is 10.6 Å². The van der Waals surface area contributed by atoms with Crippen molar-refractivity contribution in [3.05, 3.63) is 64.9 Å². The Labute approximate surface area is 115 Å². The molecule has 96 valence electrons. The van der Waals surface area contributed by atoms with Gasteiger partial charge >= 0.3 is 0 Å². The van der Waals surface area contributed by atoms with E-state index in [9.17, 15) is 9.59 Å². The molecule has 0 atom stereocenters. The van der Waals surface area contributed by atoms with Crippen LogP contribution < -0.4 is 5.32 Å².